The van der Waals surface area contributed by atoms with Crippen molar-refractivity contribution in [1.82, 2.24) is 16.2 Å². The van der Waals surface area contributed by atoms with Crippen molar-refractivity contribution in [3.8, 4) is 5.75 Å². The molecule has 0 radical (unpaired) electrons. The zero-order chi connectivity index (χ0) is 17.6. The van der Waals surface area contributed by atoms with E-state index in [-0.39, 0.29) is 17.9 Å². The lowest BCUT2D eigenvalue weighted by atomic mass is 9.94. The van der Waals surface area contributed by atoms with E-state index in [1.54, 1.807) is 0 Å². The molecule has 25 heavy (non-hydrogen) atoms. The summed E-state index contributed by atoms with van der Waals surface area (Å²) in [5, 5.41) is 3.70. The number of amides is 1. The molecule has 132 valence electrons. The van der Waals surface area contributed by atoms with Crippen molar-refractivity contribution in [2.24, 2.45) is 5.92 Å². The summed E-state index contributed by atoms with van der Waals surface area (Å²) < 4.78 is 5.43. The van der Waals surface area contributed by atoms with Gasteiger partial charge in [0.25, 0.3) is 0 Å². The van der Waals surface area contributed by atoms with E-state index in [0.717, 1.165) is 16.9 Å². The van der Waals surface area contributed by atoms with Crippen LogP contribution in [0.5, 0.6) is 5.75 Å². The molecular weight excluding hydrogens is 338 g/mol. The lowest BCUT2D eigenvalue weighted by Gasteiger charge is -2.18. The Labute approximate surface area is 152 Å². The molecule has 2 atom stereocenters. The molecule has 2 aromatic rings. The first-order chi connectivity index (χ1) is 12.2. The normalized spacial score (nSPS) is 19.6. The lowest BCUT2D eigenvalue weighted by Crippen LogP contribution is -2.34. The highest BCUT2D eigenvalue weighted by Crippen LogP contribution is 2.26. The van der Waals surface area contributed by atoms with Crippen molar-refractivity contribution < 1.29 is 9.53 Å². The molecule has 2 unspecified atom stereocenters. The van der Waals surface area contributed by atoms with Crippen molar-refractivity contribution >= 4 is 17.5 Å². The van der Waals surface area contributed by atoms with Crippen LogP contribution in [0.15, 0.2) is 48.5 Å². The fourth-order valence-corrected chi connectivity index (χ4v) is 3.04. The summed E-state index contributed by atoms with van der Waals surface area (Å²) in [5.41, 5.74) is 8.33. The first kappa shape index (κ1) is 17.7. The Morgan fingerprint density at radius 2 is 1.92 bits per heavy atom. The molecule has 1 fully saturated rings. The Bertz CT molecular complexity index is 704. The quantitative estimate of drug-likeness (QED) is 0.742. The number of ether oxygens (including phenoxy) is 1. The second-order valence-electron chi connectivity index (χ2n) is 5.96. The van der Waals surface area contributed by atoms with Crippen molar-refractivity contribution in [2.45, 2.75) is 19.5 Å². The van der Waals surface area contributed by atoms with Crippen LogP contribution in [-0.2, 0) is 11.3 Å². The van der Waals surface area contributed by atoms with E-state index < -0.39 is 0 Å². The molecule has 2 aromatic carbocycles. The van der Waals surface area contributed by atoms with Gasteiger partial charge in [0.05, 0.1) is 18.6 Å². The lowest BCUT2D eigenvalue weighted by molar-refractivity contribution is -0.125. The molecule has 1 aliphatic rings. The molecule has 0 saturated carbocycles. The SMILES string of the molecule is CCOc1ccc(CNC(=O)C2CNNC2c2ccc(Cl)cc2)cc1. The summed E-state index contributed by atoms with van der Waals surface area (Å²) in [6.45, 7) is 3.68. The molecular formula is C19H22ClN3O2. The van der Waals surface area contributed by atoms with Gasteiger partial charge >= 0.3 is 0 Å². The summed E-state index contributed by atoms with van der Waals surface area (Å²) in [4.78, 5) is 12.6. The third-order valence-electron chi connectivity index (χ3n) is 4.25. The van der Waals surface area contributed by atoms with E-state index in [1.807, 2.05) is 55.5 Å². The molecule has 1 amide bonds. The van der Waals surface area contributed by atoms with Gasteiger partial charge in [-0.15, -0.1) is 0 Å². The van der Waals surface area contributed by atoms with Crippen LogP contribution >= 0.6 is 11.6 Å². The van der Waals surface area contributed by atoms with Crippen LogP contribution in [0.4, 0.5) is 0 Å². The minimum atomic E-state index is -0.177. The second kappa shape index (κ2) is 8.34. The number of nitrogens with one attached hydrogen (secondary N) is 3. The third kappa shape index (κ3) is 4.51. The summed E-state index contributed by atoms with van der Waals surface area (Å²) in [5.74, 6) is 0.680. The maximum atomic E-state index is 12.6. The molecule has 1 heterocycles. The van der Waals surface area contributed by atoms with E-state index >= 15 is 0 Å². The third-order valence-corrected chi connectivity index (χ3v) is 4.50. The smallest absolute Gasteiger partial charge is 0.226 e. The van der Waals surface area contributed by atoms with Gasteiger partial charge in [0.15, 0.2) is 0 Å². The number of halogens is 1. The highest BCUT2D eigenvalue weighted by Gasteiger charge is 2.33. The Morgan fingerprint density at radius 1 is 1.20 bits per heavy atom. The van der Waals surface area contributed by atoms with Crippen LogP contribution < -0.4 is 20.9 Å². The van der Waals surface area contributed by atoms with Gasteiger partial charge in [0.1, 0.15) is 5.75 Å². The van der Waals surface area contributed by atoms with Gasteiger partial charge < -0.3 is 10.1 Å². The molecule has 1 aliphatic heterocycles. The Balaban J connectivity index is 1.59. The predicted octanol–water partition coefficient (Wildman–Crippen LogP) is 2.82. The highest BCUT2D eigenvalue weighted by atomic mass is 35.5. The Hall–Kier alpha value is -2.08. The van der Waals surface area contributed by atoms with Crippen molar-refractivity contribution in [1.29, 1.82) is 0 Å². The summed E-state index contributed by atoms with van der Waals surface area (Å²) in [6.07, 6.45) is 0. The number of hydrogen-bond donors (Lipinski definition) is 3. The second-order valence-corrected chi connectivity index (χ2v) is 6.39. The van der Waals surface area contributed by atoms with Crippen LogP contribution in [0.25, 0.3) is 0 Å². The van der Waals surface area contributed by atoms with E-state index in [4.69, 9.17) is 16.3 Å². The van der Waals surface area contributed by atoms with Crippen molar-refractivity contribution in [3.05, 3.63) is 64.7 Å². The molecule has 0 spiro atoms. The van der Waals surface area contributed by atoms with E-state index in [9.17, 15) is 4.79 Å². The molecule has 3 N–H and O–H groups in total. The molecule has 0 aromatic heterocycles. The number of hydrogen-bond acceptors (Lipinski definition) is 4. The van der Waals surface area contributed by atoms with Gasteiger partial charge in [0.2, 0.25) is 5.91 Å². The van der Waals surface area contributed by atoms with Gasteiger partial charge in [-0.2, -0.15) is 0 Å². The summed E-state index contributed by atoms with van der Waals surface area (Å²) in [6, 6.07) is 15.3. The predicted molar refractivity (Wildman–Crippen MR) is 98.3 cm³/mol. The maximum absolute atomic E-state index is 12.6. The first-order valence-corrected chi connectivity index (χ1v) is 8.78. The van der Waals surface area contributed by atoms with Gasteiger partial charge in [-0.1, -0.05) is 35.9 Å². The minimum absolute atomic E-state index is 0.0198. The van der Waals surface area contributed by atoms with Crippen LogP contribution in [0.1, 0.15) is 24.1 Å². The van der Waals surface area contributed by atoms with Crippen LogP contribution in [0, 0.1) is 5.92 Å². The fourth-order valence-electron chi connectivity index (χ4n) is 2.92. The number of hydrazine groups is 1. The van der Waals surface area contributed by atoms with Gasteiger partial charge in [-0.05, 0) is 42.3 Å². The topological polar surface area (TPSA) is 62.4 Å². The minimum Gasteiger partial charge on any atom is -0.494 e. The Morgan fingerprint density at radius 3 is 2.60 bits per heavy atom. The molecule has 1 saturated heterocycles. The van der Waals surface area contributed by atoms with Gasteiger partial charge in [0, 0.05) is 18.1 Å². The highest BCUT2D eigenvalue weighted by molar-refractivity contribution is 6.30. The number of benzene rings is 2. The van der Waals surface area contributed by atoms with Gasteiger partial charge in [-0.3, -0.25) is 10.2 Å². The molecule has 5 nitrogen and oxygen atoms in total. The summed E-state index contributed by atoms with van der Waals surface area (Å²) >= 11 is 5.94. The fraction of sp³-hybridized carbons (Fsp3) is 0.316. The largest absolute Gasteiger partial charge is 0.494 e. The number of carbonyl (C=O) groups excluding carboxylic acids is 1. The zero-order valence-corrected chi connectivity index (χ0v) is 14.8. The molecule has 0 aliphatic carbocycles. The standard InChI is InChI=1S/C19H22ClN3O2/c1-2-25-16-9-3-13(4-10-16)11-21-19(24)17-12-22-23-18(17)14-5-7-15(20)8-6-14/h3-10,17-18,22-23H,2,11-12H2,1H3,(H,21,24). The van der Waals surface area contributed by atoms with Crippen LogP contribution in [0.3, 0.4) is 0 Å². The van der Waals surface area contributed by atoms with Crippen LogP contribution in [0.2, 0.25) is 5.02 Å². The molecule has 3 rings (SSSR count). The number of carbonyl (C=O) groups is 1. The van der Waals surface area contributed by atoms with E-state index in [2.05, 4.69) is 16.2 Å². The average molecular weight is 360 g/mol. The average Bonchev–Trinajstić information content (AvgIpc) is 3.11. The van der Waals surface area contributed by atoms with Crippen LogP contribution in [-0.4, -0.2) is 19.1 Å². The monoisotopic (exact) mass is 359 g/mol. The zero-order valence-electron chi connectivity index (χ0n) is 14.1. The molecule has 0 bridgehead atoms. The van der Waals surface area contributed by atoms with E-state index in [1.165, 1.54) is 0 Å². The summed E-state index contributed by atoms with van der Waals surface area (Å²) in [7, 11) is 0. The number of rotatable bonds is 6. The molecule has 6 heteroatoms. The first-order valence-electron chi connectivity index (χ1n) is 8.40. The Kier molecular flexibility index (Phi) is 5.91. The van der Waals surface area contributed by atoms with E-state index in [0.29, 0.717) is 24.7 Å². The maximum Gasteiger partial charge on any atom is 0.226 e. The van der Waals surface area contributed by atoms with Crippen molar-refractivity contribution in [2.75, 3.05) is 13.2 Å². The van der Waals surface area contributed by atoms with Gasteiger partial charge in [-0.25, -0.2) is 5.43 Å². The van der Waals surface area contributed by atoms with Crippen molar-refractivity contribution in [3.63, 3.8) is 0 Å².